The minimum Gasteiger partial charge on any atom is -0.325 e. The normalized spacial score (nSPS) is 22.8. The van der Waals surface area contributed by atoms with Gasteiger partial charge in [0.05, 0.1) is 6.54 Å². The number of aliphatic imine (C=N–C) groups is 1. The van der Waals surface area contributed by atoms with E-state index in [1.165, 1.54) is 9.80 Å². The number of anilines is 1. The van der Waals surface area contributed by atoms with Gasteiger partial charge in [-0.2, -0.15) is 0 Å². The van der Waals surface area contributed by atoms with Crippen LogP contribution in [0.4, 0.5) is 10.5 Å². The first-order chi connectivity index (χ1) is 14.9. The highest BCUT2D eigenvalue weighted by Gasteiger charge is 2.54. The van der Waals surface area contributed by atoms with Crippen molar-refractivity contribution < 1.29 is 9.59 Å². The van der Waals surface area contributed by atoms with Gasteiger partial charge in [0.1, 0.15) is 0 Å². The third-order valence-electron chi connectivity index (χ3n) is 5.89. The van der Waals surface area contributed by atoms with E-state index in [9.17, 15) is 9.59 Å². The highest BCUT2D eigenvalue weighted by atomic mass is 35.5. The number of guanidine groups is 1. The zero-order chi connectivity index (χ0) is 21.9. The molecule has 2 aromatic carbocycles. The summed E-state index contributed by atoms with van der Waals surface area (Å²) < 4.78 is 0. The van der Waals surface area contributed by atoms with E-state index in [-0.39, 0.29) is 12.5 Å². The van der Waals surface area contributed by atoms with Crippen molar-refractivity contribution in [1.29, 1.82) is 0 Å². The second-order valence-corrected chi connectivity index (χ2v) is 8.88. The Balaban J connectivity index is 1.45. The van der Waals surface area contributed by atoms with Crippen LogP contribution in [0.5, 0.6) is 0 Å². The molecule has 7 nitrogen and oxygen atoms in total. The predicted octanol–water partition coefficient (Wildman–Crippen LogP) is 3.93. The van der Waals surface area contributed by atoms with Gasteiger partial charge in [0, 0.05) is 46.5 Å². The van der Waals surface area contributed by atoms with Gasteiger partial charge in [0.25, 0.3) is 5.91 Å². The lowest BCUT2D eigenvalue weighted by atomic mass is 10.1. The van der Waals surface area contributed by atoms with Crippen LogP contribution in [0.2, 0.25) is 15.1 Å². The summed E-state index contributed by atoms with van der Waals surface area (Å²) in [6.45, 7) is 1.32. The van der Waals surface area contributed by atoms with Crippen LogP contribution in [0.1, 0.15) is 5.56 Å². The van der Waals surface area contributed by atoms with Gasteiger partial charge in [-0.3, -0.25) is 9.69 Å². The molecule has 5 rings (SSSR count). The monoisotopic (exact) mass is 477 g/mol. The van der Waals surface area contributed by atoms with Gasteiger partial charge in [0.2, 0.25) is 5.96 Å². The minimum absolute atomic E-state index is 0.00774. The number of nitrogens with zero attached hydrogens (tertiary/aromatic N) is 5. The number of hydrogen-bond acceptors (Lipinski definition) is 5. The summed E-state index contributed by atoms with van der Waals surface area (Å²) in [5, 5.41) is 1.48. The Kier molecular flexibility index (Phi) is 5.00. The fourth-order valence-corrected chi connectivity index (χ4v) is 4.93. The number of carbonyl (C=O) groups excluding carboxylic acids is 2. The van der Waals surface area contributed by atoms with Crippen LogP contribution in [-0.2, 0) is 11.3 Å². The Morgan fingerprint density at radius 2 is 1.68 bits per heavy atom. The molecule has 0 N–H and O–H groups in total. The Morgan fingerprint density at radius 1 is 1.00 bits per heavy atom. The molecule has 31 heavy (non-hydrogen) atoms. The lowest BCUT2D eigenvalue weighted by Gasteiger charge is -2.40. The van der Waals surface area contributed by atoms with Gasteiger partial charge < -0.3 is 14.7 Å². The number of imide groups is 1. The fourth-order valence-electron chi connectivity index (χ4n) is 4.29. The number of amides is 3. The first-order valence-corrected chi connectivity index (χ1v) is 10.9. The van der Waals surface area contributed by atoms with E-state index in [0.717, 1.165) is 5.69 Å². The van der Waals surface area contributed by atoms with E-state index < -0.39 is 18.2 Å². The van der Waals surface area contributed by atoms with Crippen molar-refractivity contribution >= 4 is 58.4 Å². The molecule has 160 valence electrons. The second-order valence-electron chi connectivity index (χ2n) is 7.63. The SMILES string of the molecule is CN1C(=O)N(Cc2c(Cl)cccc2Cl)C(=O)C2C1N=C1N(c3ccc(Cl)cc3)CCN12. The number of carbonyl (C=O) groups is 2. The molecule has 0 radical (unpaired) electrons. The average Bonchev–Trinajstić information content (AvgIpc) is 3.31. The van der Waals surface area contributed by atoms with Crippen LogP contribution in [0, 0.1) is 0 Å². The summed E-state index contributed by atoms with van der Waals surface area (Å²) in [6, 6.07) is 11.6. The van der Waals surface area contributed by atoms with E-state index in [0.29, 0.717) is 39.7 Å². The zero-order valence-electron chi connectivity index (χ0n) is 16.5. The van der Waals surface area contributed by atoms with Crippen LogP contribution in [0.3, 0.4) is 0 Å². The Labute approximate surface area is 194 Å². The summed E-state index contributed by atoms with van der Waals surface area (Å²) in [5.74, 6) is 0.378. The maximum absolute atomic E-state index is 13.5. The molecule has 3 aliphatic rings. The highest BCUT2D eigenvalue weighted by Crippen LogP contribution is 2.35. The molecular formula is C21H18Cl3N5O2. The molecule has 2 saturated heterocycles. The molecule has 2 fully saturated rings. The maximum atomic E-state index is 13.5. The summed E-state index contributed by atoms with van der Waals surface area (Å²) >= 11 is 18.6. The quantitative estimate of drug-likeness (QED) is 0.671. The van der Waals surface area contributed by atoms with Gasteiger partial charge >= 0.3 is 6.03 Å². The van der Waals surface area contributed by atoms with Crippen LogP contribution >= 0.6 is 34.8 Å². The van der Waals surface area contributed by atoms with Crippen LogP contribution in [0.15, 0.2) is 47.5 Å². The summed E-state index contributed by atoms with van der Waals surface area (Å²) in [7, 11) is 1.66. The smallest absolute Gasteiger partial charge is 0.325 e. The average molecular weight is 479 g/mol. The summed E-state index contributed by atoms with van der Waals surface area (Å²) in [4.78, 5) is 38.0. The molecule has 3 aliphatic heterocycles. The van der Waals surface area contributed by atoms with Crippen molar-refractivity contribution in [3.63, 3.8) is 0 Å². The Bertz CT molecular complexity index is 1090. The molecule has 0 aromatic heterocycles. The summed E-state index contributed by atoms with van der Waals surface area (Å²) in [6.07, 6.45) is -0.580. The van der Waals surface area contributed by atoms with Crippen LogP contribution in [-0.4, -0.2) is 64.9 Å². The molecule has 3 heterocycles. The third kappa shape index (κ3) is 3.23. The first kappa shape index (κ1) is 20.4. The number of rotatable bonds is 3. The molecule has 0 bridgehead atoms. The van der Waals surface area contributed by atoms with E-state index in [1.807, 2.05) is 34.1 Å². The van der Waals surface area contributed by atoms with E-state index in [1.54, 1.807) is 25.2 Å². The van der Waals surface area contributed by atoms with Crippen molar-refractivity contribution in [3.05, 3.63) is 63.1 Å². The number of benzene rings is 2. The largest absolute Gasteiger partial charge is 0.328 e. The van der Waals surface area contributed by atoms with E-state index in [2.05, 4.69) is 0 Å². The van der Waals surface area contributed by atoms with E-state index >= 15 is 0 Å². The molecule has 0 saturated carbocycles. The third-order valence-corrected chi connectivity index (χ3v) is 6.85. The van der Waals surface area contributed by atoms with Crippen molar-refractivity contribution in [1.82, 2.24) is 14.7 Å². The topological polar surface area (TPSA) is 59.5 Å². The number of fused-ring (bicyclic) bond motifs is 3. The standard InChI is InChI=1S/C21H18Cl3N5O2/c1-26-18-17(19(30)29(21(26)31)11-14-15(23)3-2-4-16(14)24)28-10-9-27(20(28)25-18)13-7-5-12(22)6-8-13/h2-8,17-18H,9-11H2,1H3. The minimum atomic E-state index is -0.587. The zero-order valence-corrected chi connectivity index (χ0v) is 18.8. The number of urea groups is 1. The number of likely N-dealkylation sites (N-methyl/N-ethyl adjacent to an activating group) is 1. The van der Waals surface area contributed by atoms with Gasteiger partial charge in [-0.05, 0) is 36.4 Å². The van der Waals surface area contributed by atoms with Gasteiger partial charge in [-0.25, -0.2) is 9.79 Å². The number of halogens is 3. The molecule has 10 heteroatoms. The first-order valence-electron chi connectivity index (χ1n) is 9.75. The van der Waals surface area contributed by atoms with Crippen molar-refractivity contribution in [3.8, 4) is 0 Å². The van der Waals surface area contributed by atoms with Gasteiger partial charge in [0.15, 0.2) is 12.2 Å². The fraction of sp³-hybridized carbons (Fsp3) is 0.286. The van der Waals surface area contributed by atoms with Gasteiger partial charge in [-0.15, -0.1) is 0 Å². The molecule has 2 atom stereocenters. The van der Waals surface area contributed by atoms with Crippen molar-refractivity contribution in [2.45, 2.75) is 18.8 Å². The second kappa shape index (κ2) is 7.58. The molecule has 3 amide bonds. The molecule has 0 aliphatic carbocycles. The Morgan fingerprint density at radius 3 is 2.35 bits per heavy atom. The number of hydrogen-bond donors (Lipinski definition) is 0. The lowest BCUT2D eigenvalue weighted by molar-refractivity contribution is -0.137. The van der Waals surface area contributed by atoms with Crippen molar-refractivity contribution in [2.24, 2.45) is 4.99 Å². The van der Waals surface area contributed by atoms with Crippen LogP contribution < -0.4 is 4.90 Å². The molecular weight excluding hydrogens is 461 g/mol. The van der Waals surface area contributed by atoms with Crippen molar-refractivity contribution in [2.75, 3.05) is 25.0 Å². The Hall–Kier alpha value is -2.48. The molecule has 2 aromatic rings. The van der Waals surface area contributed by atoms with Crippen LogP contribution in [0.25, 0.3) is 0 Å². The van der Waals surface area contributed by atoms with E-state index in [4.69, 9.17) is 39.8 Å². The highest BCUT2D eigenvalue weighted by molar-refractivity contribution is 6.36. The predicted molar refractivity (Wildman–Crippen MR) is 121 cm³/mol. The lowest BCUT2D eigenvalue weighted by Crippen LogP contribution is -2.64. The summed E-state index contributed by atoms with van der Waals surface area (Å²) in [5.41, 5.74) is 1.48. The molecule has 2 unspecified atom stereocenters. The van der Waals surface area contributed by atoms with Gasteiger partial charge in [-0.1, -0.05) is 40.9 Å². The maximum Gasteiger partial charge on any atom is 0.328 e. The molecule has 0 spiro atoms.